The maximum absolute atomic E-state index is 14.4. The van der Waals surface area contributed by atoms with Gasteiger partial charge in [-0.3, -0.25) is 13.9 Å². The molecule has 12 heteroatoms. The molecule has 0 aliphatic heterocycles. The zero-order valence-corrected chi connectivity index (χ0v) is 27.9. The van der Waals surface area contributed by atoms with Crippen LogP contribution in [0.25, 0.3) is 0 Å². The molecule has 2 atom stereocenters. The highest BCUT2D eigenvalue weighted by atomic mass is 32.2. The van der Waals surface area contributed by atoms with E-state index in [0.29, 0.717) is 17.9 Å². The van der Waals surface area contributed by atoms with E-state index in [-0.39, 0.29) is 40.6 Å². The number of amides is 2. The molecule has 45 heavy (non-hydrogen) atoms. The smallest absolute Gasteiger partial charge is 0.265 e. The zero-order valence-electron chi connectivity index (χ0n) is 27.1. The summed E-state index contributed by atoms with van der Waals surface area (Å²) in [5.41, 5.74) is 1.90. The third-order valence-corrected chi connectivity index (χ3v) is 9.27. The Hall–Kier alpha value is -4.45. The third kappa shape index (κ3) is 8.39. The Balaban J connectivity index is 2.16. The lowest BCUT2D eigenvalue weighted by Gasteiger charge is -2.33. The van der Waals surface area contributed by atoms with Gasteiger partial charge in [0.25, 0.3) is 10.0 Å². The van der Waals surface area contributed by atoms with Gasteiger partial charge in [0, 0.05) is 24.7 Å². The molecule has 0 unspecified atom stereocenters. The number of nitrogens with one attached hydrogen (secondary N) is 1. The normalized spacial score (nSPS) is 12.4. The first-order chi connectivity index (χ1) is 21.4. The minimum absolute atomic E-state index is 0.0759. The number of benzene rings is 3. The SMILES string of the molecule is CC[C@H](C)NC(=O)[C@H](C)N(Cc1ccc(C)cc1)C(=O)CN(c1cc(OC)ccc1OC)S(=O)(=O)c1ccc(OC)c(OC)c1. The van der Waals surface area contributed by atoms with E-state index >= 15 is 0 Å². The first-order valence-corrected chi connectivity index (χ1v) is 16.0. The van der Waals surface area contributed by atoms with Gasteiger partial charge in [-0.15, -0.1) is 0 Å². The monoisotopic (exact) mass is 641 g/mol. The van der Waals surface area contributed by atoms with Gasteiger partial charge in [-0.05, 0) is 57.0 Å². The Morgan fingerprint density at radius 3 is 2.02 bits per heavy atom. The molecule has 0 saturated heterocycles. The molecular formula is C33H43N3O8S. The molecule has 0 aliphatic rings. The Morgan fingerprint density at radius 2 is 1.44 bits per heavy atom. The number of nitrogens with zero attached hydrogens (tertiary/aromatic N) is 2. The quantitative estimate of drug-likeness (QED) is 0.256. The molecule has 0 fully saturated rings. The standard InChI is InChI=1S/C33H43N3O8S/c1-9-23(3)34-33(38)24(4)35(20-25-12-10-22(2)11-13-25)32(37)21-36(28-18-26(41-5)14-16-29(28)42-6)45(39,40)27-15-17-30(43-7)31(19-27)44-8/h10-19,23-24H,9,20-21H2,1-8H3,(H,34,38)/t23-,24-/m0/s1. The van der Waals surface area contributed by atoms with Crippen molar-refractivity contribution >= 4 is 27.5 Å². The van der Waals surface area contributed by atoms with E-state index in [9.17, 15) is 18.0 Å². The van der Waals surface area contributed by atoms with Crippen molar-refractivity contribution in [2.75, 3.05) is 39.3 Å². The Labute approximate surface area is 266 Å². The summed E-state index contributed by atoms with van der Waals surface area (Å²) in [5.74, 6) is 0.125. The van der Waals surface area contributed by atoms with Gasteiger partial charge in [0.15, 0.2) is 11.5 Å². The molecular weight excluding hydrogens is 598 g/mol. The highest BCUT2D eigenvalue weighted by Crippen LogP contribution is 2.37. The van der Waals surface area contributed by atoms with Crippen LogP contribution in [-0.2, 0) is 26.2 Å². The fourth-order valence-corrected chi connectivity index (χ4v) is 5.98. The van der Waals surface area contributed by atoms with Crippen molar-refractivity contribution in [2.24, 2.45) is 0 Å². The number of carbonyl (C=O) groups excluding carboxylic acids is 2. The maximum atomic E-state index is 14.4. The number of rotatable bonds is 15. The van der Waals surface area contributed by atoms with Gasteiger partial charge in [0.05, 0.1) is 39.0 Å². The summed E-state index contributed by atoms with van der Waals surface area (Å²) < 4.78 is 51.3. The van der Waals surface area contributed by atoms with E-state index in [1.807, 2.05) is 45.0 Å². The summed E-state index contributed by atoms with van der Waals surface area (Å²) in [7, 11) is 1.26. The first-order valence-electron chi connectivity index (χ1n) is 14.5. The zero-order chi connectivity index (χ0) is 33.3. The second-order valence-electron chi connectivity index (χ2n) is 10.6. The minimum atomic E-state index is -4.43. The van der Waals surface area contributed by atoms with E-state index in [4.69, 9.17) is 18.9 Å². The summed E-state index contributed by atoms with van der Waals surface area (Å²) in [6, 6.07) is 15.4. The van der Waals surface area contributed by atoms with E-state index < -0.39 is 28.5 Å². The van der Waals surface area contributed by atoms with Crippen molar-refractivity contribution in [1.29, 1.82) is 0 Å². The summed E-state index contributed by atoms with van der Waals surface area (Å²) in [6.45, 7) is 6.84. The van der Waals surface area contributed by atoms with Crippen molar-refractivity contribution in [2.45, 2.75) is 57.6 Å². The molecule has 0 heterocycles. The number of sulfonamides is 1. The second-order valence-corrected chi connectivity index (χ2v) is 12.4. The van der Waals surface area contributed by atoms with E-state index in [0.717, 1.165) is 15.4 Å². The lowest BCUT2D eigenvalue weighted by molar-refractivity contribution is -0.139. The van der Waals surface area contributed by atoms with Gasteiger partial charge < -0.3 is 29.2 Å². The highest BCUT2D eigenvalue weighted by Gasteiger charge is 2.35. The topological polar surface area (TPSA) is 124 Å². The van der Waals surface area contributed by atoms with Crippen LogP contribution in [-0.4, -0.2) is 72.2 Å². The number of carbonyl (C=O) groups is 2. The van der Waals surface area contributed by atoms with E-state index in [1.54, 1.807) is 19.1 Å². The Kier molecular flexibility index (Phi) is 12.1. The molecule has 0 radical (unpaired) electrons. The van der Waals surface area contributed by atoms with Crippen LogP contribution in [0.1, 0.15) is 38.3 Å². The molecule has 3 aromatic rings. The molecule has 3 aromatic carbocycles. The van der Waals surface area contributed by atoms with E-state index in [2.05, 4.69) is 5.32 Å². The molecule has 1 N–H and O–H groups in total. The van der Waals surface area contributed by atoms with Gasteiger partial charge in [0.2, 0.25) is 11.8 Å². The van der Waals surface area contributed by atoms with Crippen molar-refractivity contribution in [3.8, 4) is 23.0 Å². The summed E-state index contributed by atoms with van der Waals surface area (Å²) in [6.07, 6.45) is 0.706. The molecule has 244 valence electrons. The number of hydrogen-bond donors (Lipinski definition) is 1. The van der Waals surface area contributed by atoms with Crippen LogP contribution in [0, 0.1) is 6.92 Å². The molecule has 0 spiro atoms. The van der Waals surface area contributed by atoms with Crippen molar-refractivity contribution in [3.05, 3.63) is 71.8 Å². The van der Waals surface area contributed by atoms with Crippen LogP contribution in [0.2, 0.25) is 0 Å². The van der Waals surface area contributed by atoms with Crippen molar-refractivity contribution < 1.29 is 37.0 Å². The first kappa shape index (κ1) is 35.0. The highest BCUT2D eigenvalue weighted by molar-refractivity contribution is 7.92. The van der Waals surface area contributed by atoms with Crippen LogP contribution in [0.5, 0.6) is 23.0 Å². The van der Waals surface area contributed by atoms with Crippen LogP contribution in [0.4, 0.5) is 5.69 Å². The van der Waals surface area contributed by atoms with Crippen LogP contribution >= 0.6 is 0 Å². The minimum Gasteiger partial charge on any atom is -0.497 e. The van der Waals surface area contributed by atoms with Gasteiger partial charge in [-0.1, -0.05) is 36.8 Å². The molecule has 0 aliphatic carbocycles. The van der Waals surface area contributed by atoms with Crippen LogP contribution in [0.3, 0.4) is 0 Å². The van der Waals surface area contributed by atoms with Gasteiger partial charge in [0.1, 0.15) is 24.1 Å². The largest absolute Gasteiger partial charge is 0.497 e. The Bertz CT molecular complexity index is 1580. The number of anilines is 1. The predicted octanol–water partition coefficient (Wildman–Crippen LogP) is 4.56. The average molecular weight is 642 g/mol. The second kappa shape index (κ2) is 15.5. The fourth-order valence-electron chi connectivity index (χ4n) is 4.55. The summed E-state index contributed by atoms with van der Waals surface area (Å²) >= 11 is 0. The third-order valence-electron chi connectivity index (χ3n) is 7.52. The molecule has 0 aromatic heterocycles. The Morgan fingerprint density at radius 1 is 0.822 bits per heavy atom. The molecule has 2 amide bonds. The van der Waals surface area contributed by atoms with Crippen molar-refractivity contribution in [3.63, 3.8) is 0 Å². The van der Waals surface area contributed by atoms with Crippen LogP contribution < -0.4 is 28.6 Å². The molecule has 3 rings (SSSR count). The number of methoxy groups -OCH3 is 4. The molecule has 0 saturated carbocycles. The van der Waals surface area contributed by atoms with E-state index in [1.165, 1.54) is 57.6 Å². The number of aryl methyl sites for hydroxylation is 1. The molecule has 0 bridgehead atoms. The maximum Gasteiger partial charge on any atom is 0.265 e. The van der Waals surface area contributed by atoms with Crippen LogP contribution in [0.15, 0.2) is 65.6 Å². The lowest BCUT2D eigenvalue weighted by atomic mass is 10.1. The summed E-state index contributed by atoms with van der Waals surface area (Å²) in [4.78, 5) is 28.8. The average Bonchev–Trinajstić information content (AvgIpc) is 3.05. The summed E-state index contributed by atoms with van der Waals surface area (Å²) in [5, 5.41) is 2.93. The lowest BCUT2D eigenvalue weighted by Crippen LogP contribution is -2.52. The van der Waals surface area contributed by atoms with Gasteiger partial charge >= 0.3 is 0 Å². The fraction of sp³-hybridized carbons (Fsp3) is 0.394. The number of hydrogen-bond acceptors (Lipinski definition) is 8. The molecule has 11 nitrogen and oxygen atoms in total. The predicted molar refractivity (Wildman–Crippen MR) is 173 cm³/mol. The van der Waals surface area contributed by atoms with Gasteiger partial charge in [-0.2, -0.15) is 0 Å². The van der Waals surface area contributed by atoms with Crippen molar-refractivity contribution in [1.82, 2.24) is 10.2 Å². The van der Waals surface area contributed by atoms with Gasteiger partial charge in [-0.25, -0.2) is 8.42 Å². The number of ether oxygens (including phenoxy) is 4.